The van der Waals surface area contributed by atoms with Crippen molar-refractivity contribution in [2.24, 2.45) is 11.7 Å². The number of carbonyl (C=O) groups is 3. The van der Waals surface area contributed by atoms with E-state index in [9.17, 15) is 19.5 Å². The molecular formula is C17H23N3O5S. The molecule has 3 N–H and O–H groups in total. The van der Waals surface area contributed by atoms with E-state index in [2.05, 4.69) is 6.58 Å². The molecule has 2 amide bonds. The molecule has 3 rings (SSSR count). The molecule has 0 aliphatic carbocycles. The second-order valence-electron chi connectivity index (χ2n) is 6.67. The van der Waals surface area contributed by atoms with Crippen LogP contribution >= 0.6 is 11.8 Å². The summed E-state index contributed by atoms with van der Waals surface area (Å²) in [7, 11) is 0. The van der Waals surface area contributed by atoms with Gasteiger partial charge in [0.2, 0.25) is 11.8 Å². The summed E-state index contributed by atoms with van der Waals surface area (Å²) in [6, 6.07) is -0.370. The van der Waals surface area contributed by atoms with Crippen LogP contribution in [0, 0.1) is 5.92 Å². The molecule has 0 spiro atoms. The first-order chi connectivity index (χ1) is 12.4. The normalized spacial score (nSPS) is 29.4. The lowest BCUT2D eigenvalue weighted by molar-refractivity contribution is -0.158. The number of esters is 1. The molecule has 0 radical (unpaired) electrons. The lowest BCUT2D eigenvalue weighted by Crippen LogP contribution is -2.60. The number of hydrogen-bond acceptors (Lipinski definition) is 7. The summed E-state index contributed by atoms with van der Waals surface area (Å²) in [5.74, 6) is -1.82. The van der Waals surface area contributed by atoms with Crippen molar-refractivity contribution in [3.63, 3.8) is 0 Å². The summed E-state index contributed by atoms with van der Waals surface area (Å²) in [4.78, 5) is 40.6. The molecule has 3 aliphatic heterocycles. The lowest BCUT2D eigenvalue weighted by atomic mass is 9.92. The number of carbonyl (C=O) groups excluding carboxylic acids is 3. The van der Waals surface area contributed by atoms with Gasteiger partial charge < -0.3 is 15.6 Å². The Balaban J connectivity index is 1.85. The fraction of sp³-hybridized carbons (Fsp3) is 0.588. The fourth-order valence-corrected chi connectivity index (χ4v) is 5.31. The Bertz CT molecular complexity index is 677. The van der Waals surface area contributed by atoms with Gasteiger partial charge in [-0.1, -0.05) is 12.7 Å². The summed E-state index contributed by atoms with van der Waals surface area (Å²) in [6.07, 6.45) is 2.19. The average molecular weight is 381 g/mol. The molecule has 3 heterocycles. The second-order valence-corrected chi connectivity index (χ2v) is 7.88. The van der Waals surface area contributed by atoms with Gasteiger partial charge in [-0.15, -0.1) is 11.8 Å². The Kier molecular flexibility index (Phi) is 5.40. The van der Waals surface area contributed by atoms with Crippen LogP contribution in [0.25, 0.3) is 0 Å². The maximum absolute atomic E-state index is 12.5. The molecule has 0 aromatic rings. The van der Waals surface area contributed by atoms with Crippen molar-refractivity contribution in [1.29, 1.82) is 0 Å². The van der Waals surface area contributed by atoms with Gasteiger partial charge >= 0.3 is 5.97 Å². The maximum atomic E-state index is 12.5. The highest BCUT2D eigenvalue weighted by Crippen LogP contribution is 2.50. The van der Waals surface area contributed by atoms with Crippen LogP contribution in [-0.2, 0) is 19.1 Å². The Labute approximate surface area is 156 Å². The number of likely N-dealkylation sites (tertiary alicyclic amines) is 1. The molecule has 2 fully saturated rings. The standard InChI is InChI=1S/C17H23N3O5S/c1-3-7-25-17(24)13-11(8-19-6-4-5-10(19)14(18)22)26-16-12(9(2)21)15(23)20(13)16/h3,9-10,12,16,21H,1,4-8H2,2H3,(H2,18,22)/t9-,10-,12+,16-/m1/s1. The van der Waals surface area contributed by atoms with Gasteiger partial charge in [0.15, 0.2) is 0 Å². The second kappa shape index (κ2) is 7.42. The van der Waals surface area contributed by atoms with Gasteiger partial charge in [-0.05, 0) is 26.3 Å². The molecule has 0 aromatic heterocycles. The van der Waals surface area contributed by atoms with Crippen LogP contribution in [0.15, 0.2) is 23.3 Å². The molecule has 0 unspecified atom stereocenters. The van der Waals surface area contributed by atoms with Crippen molar-refractivity contribution in [2.75, 3.05) is 19.7 Å². The zero-order valence-electron chi connectivity index (χ0n) is 14.6. The third-order valence-corrected chi connectivity index (χ3v) is 6.29. The van der Waals surface area contributed by atoms with Gasteiger partial charge in [0, 0.05) is 11.4 Å². The van der Waals surface area contributed by atoms with Crippen LogP contribution in [0.2, 0.25) is 0 Å². The minimum atomic E-state index is -0.800. The van der Waals surface area contributed by atoms with Crippen molar-refractivity contribution in [1.82, 2.24) is 9.80 Å². The number of thioether (sulfide) groups is 1. The van der Waals surface area contributed by atoms with E-state index in [1.165, 1.54) is 22.7 Å². The van der Waals surface area contributed by atoms with Gasteiger partial charge in [-0.3, -0.25) is 19.4 Å². The summed E-state index contributed by atoms with van der Waals surface area (Å²) in [5.41, 5.74) is 5.68. The van der Waals surface area contributed by atoms with Crippen molar-refractivity contribution in [3.05, 3.63) is 23.3 Å². The first-order valence-corrected chi connectivity index (χ1v) is 9.47. The Morgan fingerprint density at radius 1 is 1.54 bits per heavy atom. The number of ether oxygens (including phenoxy) is 1. The number of nitrogens with two attached hydrogens (primary N) is 1. The number of nitrogens with zero attached hydrogens (tertiary/aromatic N) is 2. The predicted molar refractivity (Wildman–Crippen MR) is 95.4 cm³/mol. The molecule has 0 saturated carbocycles. The van der Waals surface area contributed by atoms with E-state index in [4.69, 9.17) is 10.5 Å². The van der Waals surface area contributed by atoms with Gasteiger partial charge in [0.25, 0.3) is 0 Å². The van der Waals surface area contributed by atoms with E-state index in [1.54, 1.807) is 6.92 Å². The summed E-state index contributed by atoms with van der Waals surface area (Å²) in [6.45, 7) is 6.18. The van der Waals surface area contributed by atoms with E-state index < -0.39 is 18.0 Å². The Morgan fingerprint density at radius 3 is 2.88 bits per heavy atom. The number of aliphatic hydroxyl groups is 1. The third-order valence-electron chi connectivity index (χ3n) is 4.94. The van der Waals surface area contributed by atoms with E-state index in [-0.39, 0.29) is 35.5 Å². The zero-order chi connectivity index (χ0) is 19.0. The lowest BCUT2D eigenvalue weighted by Gasteiger charge is -2.43. The smallest absolute Gasteiger partial charge is 0.356 e. The highest BCUT2D eigenvalue weighted by Gasteiger charge is 2.58. The quantitative estimate of drug-likeness (QED) is 0.356. The maximum Gasteiger partial charge on any atom is 0.356 e. The van der Waals surface area contributed by atoms with Crippen LogP contribution in [0.4, 0.5) is 0 Å². The number of fused-ring (bicyclic) bond motifs is 1. The third kappa shape index (κ3) is 3.15. The molecule has 26 heavy (non-hydrogen) atoms. The minimum absolute atomic E-state index is 0.0421. The number of amides is 2. The molecule has 9 heteroatoms. The van der Waals surface area contributed by atoms with E-state index in [0.29, 0.717) is 24.4 Å². The van der Waals surface area contributed by atoms with Gasteiger partial charge in [0.05, 0.1) is 18.1 Å². The van der Waals surface area contributed by atoms with Crippen molar-refractivity contribution in [3.8, 4) is 0 Å². The van der Waals surface area contributed by atoms with Crippen LogP contribution in [-0.4, -0.2) is 69.9 Å². The van der Waals surface area contributed by atoms with Crippen LogP contribution < -0.4 is 5.73 Å². The summed E-state index contributed by atoms with van der Waals surface area (Å²) in [5, 5.41) is 9.54. The number of hydrogen-bond donors (Lipinski definition) is 2. The molecule has 0 aromatic carbocycles. The van der Waals surface area contributed by atoms with Crippen molar-refractivity contribution >= 4 is 29.5 Å². The zero-order valence-corrected chi connectivity index (χ0v) is 15.4. The predicted octanol–water partition coefficient (Wildman–Crippen LogP) is -0.211. The largest absolute Gasteiger partial charge is 0.457 e. The van der Waals surface area contributed by atoms with Crippen molar-refractivity contribution < 1.29 is 24.2 Å². The molecule has 3 aliphatic rings. The van der Waals surface area contributed by atoms with Crippen LogP contribution in [0.3, 0.4) is 0 Å². The van der Waals surface area contributed by atoms with E-state index in [1.807, 2.05) is 4.90 Å². The van der Waals surface area contributed by atoms with Crippen molar-refractivity contribution in [2.45, 2.75) is 37.3 Å². The van der Waals surface area contributed by atoms with E-state index in [0.717, 1.165) is 6.42 Å². The Morgan fingerprint density at radius 2 is 2.27 bits per heavy atom. The number of β-lactam (4-membered cyclic amide) rings is 1. The molecule has 8 nitrogen and oxygen atoms in total. The van der Waals surface area contributed by atoms with Crippen LogP contribution in [0.1, 0.15) is 19.8 Å². The molecule has 0 bridgehead atoms. The first kappa shape index (κ1) is 18.9. The van der Waals surface area contributed by atoms with Gasteiger partial charge in [-0.25, -0.2) is 4.79 Å². The molecule has 4 atom stereocenters. The Hall–Kier alpha value is -1.84. The fourth-order valence-electron chi connectivity index (χ4n) is 3.68. The number of rotatable bonds is 7. The van der Waals surface area contributed by atoms with E-state index >= 15 is 0 Å². The molecular weight excluding hydrogens is 358 g/mol. The number of primary amides is 1. The van der Waals surface area contributed by atoms with Gasteiger partial charge in [-0.2, -0.15) is 0 Å². The van der Waals surface area contributed by atoms with Crippen LogP contribution in [0.5, 0.6) is 0 Å². The van der Waals surface area contributed by atoms with Gasteiger partial charge in [0.1, 0.15) is 17.7 Å². The monoisotopic (exact) mass is 381 g/mol. The average Bonchev–Trinajstić information content (AvgIpc) is 3.15. The topological polar surface area (TPSA) is 113 Å². The highest BCUT2D eigenvalue weighted by atomic mass is 32.2. The summed E-state index contributed by atoms with van der Waals surface area (Å²) >= 11 is 1.38. The minimum Gasteiger partial charge on any atom is -0.457 e. The summed E-state index contributed by atoms with van der Waals surface area (Å²) < 4.78 is 5.15. The molecule has 142 valence electrons. The first-order valence-electron chi connectivity index (χ1n) is 8.59. The number of aliphatic hydroxyl groups excluding tert-OH is 1. The highest BCUT2D eigenvalue weighted by molar-refractivity contribution is 8.04. The molecule has 2 saturated heterocycles. The SMILES string of the molecule is C=CCOC(=O)C1=C(CN2CCC[C@@H]2C(N)=O)S[C@@H]2[C@@H]([C@@H](C)O)C(=O)N12.